The highest BCUT2D eigenvalue weighted by atomic mass is 16.5. The number of phenols is 1. The molecule has 2 unspecified atom stereocenters. The standard InChI is InChI=1S/C16H17N3O3/c1-2-21-15-6-13-8(4-12(15)20)3-9-14(22-13)5-11(18)10(7-17)16(9)19/h4,6,9,14,19-20H,2-3,5,18H2,1H3. The maximum absolute atomic E-state index is 9.98. The fourth-order valence-corrected chi connectivity index (χ4v) is 3.03. The maximum Gasteiger partial charge on any atom is 0.164 e. The van der Waals surface area contributed by atoms with Gasteiger partial charge >= 0.3 is 0 Å². The Balaban J connectivity index is 1.97. The van der Waals surface area contributed by atoms with Crippen LogP contribution in [0.25, 0.3) is 0 Å². The van der Waals surface area contributed by atoms with E-state index in [1.54, 1.807) is 12.1 Å². The number of rotatable bonds is 2. The van der Waals surface area contributed by atoms with E-state index in [4.69, 9.17) is 25.9 Å². The first-order valence-corrected chi connectivity index (χ1v) is 7.18. The van der Waals surface area contributed by atoms with Gasteiger partial charge in [-0.2, -0.15) is 5.26 Å². The van der Waals surface area contributed by atoms with Gasteiger partial charge in [-0.3, -0.25) is 0 Å². The monoisotopic (exact) mass is 299 g/mol. The second kappa shape index (κ2) is 5.26. The van der Waals surface area contributed by atoms with Crippen LogP contribution in [0.3, 0.4) is 0 Å². The van der Waals surface area contributed by atoms with Crippen LogP contribution in [-0.4, -0.2) is 23.5 Å². The zero-order chi connectivity index (χ0) is 15.9. The number of fused-ring (bicyclic) bond motifs is 2. The Morgan fingerprint density at radius 2 is 2.27 bits per heavy atom. The Morgan fingerprint density at radius 1 is 1.50 bits per heavy atom. The molecular formula is C16H17N3O3. The zero-order valence-electron chi connectivity index (χ0n) is 12.2. The van der Waals surface area contributed by atoms with E-state index in [0.717, 1.165) is 5.56 Å². The van der Waals surface area contributed by atoms with Crippen LogP contribution in [0.1, 0.15) is 18.9 Å². The van der Waals surface area contributed by atoms with Gasteiger partial charge < -0.3 is 25.7 Å². The van der Waals surface area contributed by atoms with Crippen molar-refractivity contribution in [1.29, 1.82) is 10.7 Å². The molecule has 4 N–H and O–H groups in total. The highest BCUT2D eigenvalue weighted by Crippen LogP contribution is 2.42. The van der Waals surface area contributed by atoms with Gasteiger partial charge in [0.1, 0.15) is 17.9 Å². The molecule has 1 heterocycles. The highest BCUT2D eigenvalue weighted by molar-refractivity contribution is 6.05. The summed E-state index contributed by atoms with van der Waals surface area (Å²) in [6, 6.07) is 5.29. The van der Waals surface area contributed by atoms with E-state index >= 15 is 0 Å². The van der Waals surface area contributed by atoms with Crippen LogP contribution in [0.15, 0.2) is 23.4 Å². The van der Waals surface area contributed by atoms with Crippen molar-refractivity contribution in [2.45, 2.75) is 25.9 Å². The van der Waals surface area contributed by atoms with Crippen molar-refractivity contribution in [3.63, 3.8) is 0 Å². The minimum atomic E-state index is -0.254. The zero-order valence-corrected chi connectivity index (χ0v) is 12.2. The van der Waals surface area contributed by atoms with Crippen LogP contribution in [0.2, 0.25) is 0 Å². The third-order valence-corrected chi connectivity index (χ3v) is 4.10. The molecule has 0 saturated carbocycles. The molecule has 1 aliphatic carbocycles. The number of benzene rings is 1. The van der Waals surface area contributed by atoms with Crippen LogP contribution in [0, 0.1) is 22.7 Å². The molecule has 3 rings (SSSR count). The molecule has 1 aromatic rings. The summed E-state index contributed by atoms with van der Waals surface area (Å²) in [6.07, 6.45) is 0.716. The number of aromatic hydroxyl groups is 1. The summed E-state index contributed by atoms with van der Waals surface area (Å²) in [7, 11) is 0. The van der Waals surface area contributed by atoms with Gasteiger partial charge in [-0.1, -0.05) is 0 Å². The molecular weight excluding hydrogens is 282 g/mol. The number of phenolic OH excluding ortho intramolecular Hbond substituents is 1. The lowest BCUT2D eigenvalue weighted by Crippen LogP contribution is -2.43. The normalized spacial score (nSPS) is 23.2. The van der Waals surface area contributed by atoms with E-state index in [9.17, 15) is 5.11 Å². The average Bonchev–Trinajstić information content (AvgIpc) is 2.48. The SMILES string of the molecule is CCOc1cc2c(cc1O)CC1C(=N)C(C#N)=C(N)CC1O2. The van der Waals surface area contributed by atoms with Crippen molar-refractivity contribution in [2.75, 3.05) is 6.61 Å². The Hall–Kier alpha value is -2.68. The lowest BCUT2D eigenvalue weighted by Gasteiger charge is -2.37. The molecule has 22 heavy (non-hydrogen) atoms. The number of nitrogens with two attached hydrogens (primary N) is 1. The first-order chi connectivity index (χ1) is 10.5. The Kier molecular flexibility index (Phi) is 3.41. The third-order valence-electron chi connectivity index (χ3n) is 4.10. The molecule has 1 aromatic carbocycles. The quantitative estimate of drug-likeness (QED) is 0.771. The van der Waals surface area contributed by atoms with Gasteiger partial charge in [0.25, 0.3) is 0 Å². The first-order valence-electron chi connectivity index (χ1n) is 7.18. The molecule has 1 aliphatic heterocycles. The van der Waals surface area contributed by atoms with Gasteiger partial charge in [-0.25, -0.2) is 0 Å². The molecule has 114 valence electrons. The van der Waals surface area contributed by atoms with Crippen LogP contribution in [0.4, 0.5) is 0 Å². The van der Waals surface area contributed by atoms with Crippen LogP contribution < -0.4 is 15.2 Å². The van der Waals surface area contributed by atoms with Gasteiger partial charge in [0.2, 0.25) is 0 Å². The summed E-state index contributed by atoms with van der Waals surface area (Å²) in [5, 5.41) is 27.3. The summed E-state index contributed by atoms with van der Waals surface area (Å²) in [6.45, 7) is 2.29. The fraction of sp³-hybridized carbons (Fsp3) is 0.375. The second-order valence-corrected chi connectivity index (χ2v) is 5.46. The van der Waals surface area contributed by atoms with Gasteiger partial charge in [0.05, 0.1) is 17.9 Å². The number of nitrogens with one attached hydrogen (secondary N) is 1. The third kappa shape index (κ3) is 2.15. The fourth-order valence-electron chi connectivity index (χ4n) is 3.03. The molecule has 6 heteroatoms. The van der Waals surface area contributed by atoms with Gasteiger partial charge in [-0.15, -0.1) is 0 Å². The number of hydrogen-bond acceptors (Lipinski definition) is 6. The molecule has 0 saturated heterocycles. The molecule has 2 atom stereocenters. The molecule has 0 fully saturated rings. The van der Waals surface area contributed by atoms with Gasteiger partial charge in [-0.05, 0) is 25.0 Å². The summed E-state index contributed by atoms with van der Waals surface area (Å²) < 4.78 is 11.3. The number of hydrogen-bond donors (Lipinski definition) is 3. The molecule has 2 aliphatic rings. The van der Waals surface area contributed by atoms with E-state index in [2.05, 4.69) is 0 Å². The van der Waals surface area contributed by atoms with Gasteiger partial charge in [0, 0.05) is 24.1 Å². The van der Waals surface area contributed by atoms with E-state index in [0.29, 0.717) is 36.6 Å². The molecule has 0 radical (unpaired) electrons. The predicted octanol–water partition coefficient (Wildman–Crippen LogP) is 1.87. The maximum atomic E-state index is 9.98. The second-order valence-electron chi connectivity index (χ2n) is 5.46. The summed E-state index contributed by atoms with van der Waals surface area (Å²) in [5.41, 5.74) is 7.56. The van der Waals surface area contributed by atoms with Crippen molar-refractivity contribution in [2.24, 2.45) is 11.7 Å². The van der Waals surface area contributed by atoms with Crippen molar-refractivity contribution >= 4 is 5.71 Å². The van der Waals surface area contributed by atoms with Crippen molar-refractivity contribution in [3.8, 4) is 23.3 Å². The van der Waals surface area contributed by atoms with E-state index in [1.807, 2.05) is 13.0 Å². The van der Waals surface area contributed by atoms with Crippen LogP contribution in [-0.2, 0) is 6.42 Å². The minimum absolute atomic E-state index is 0.0561. The van der Waals surface area contributed by atoms with Crippen LogP contribution >= 0.6 is 0 Å². The largest absolute Gasteiger partial charge is 0.504 e. The predicted molar refractivity (Wildman–Crippen MR) is 80.1 cm³/mol. The van der Waals surface area contributed by atoms with Crippen molar-refractivity contribution < 1.29 is 14.6 Å². The van der Waals surface area contributed by atoms with Crippen molar-refractivity contribution in [1.82, 2.24) is 0 Å². The first kappa shape index (κ1) is 14.3. The number of nitriles is 1. The molecule has 0 spiro atoms. The summed E-state index contributed by atoms with van der Waals surface area (Å²) in [5.74, 6) is 0.864. The Morgan fingerprint density at radius 3 is 2.95 bits per heavy atom. The summed E-state index contributed by atoms with van der Waals surface area (Å²) in [4.78, 5) is 0. The molecule has 0 aromatic heterocycles. The lowest BCUT2D eigenvalue weighted by molar-refractivity contribution is 0.140. The van der Waals surface area contributed by atoms with Crippen LogP contribution in [0.5, 0.6) is 17.2 Å². The molecule has 0 amide bonds. The van der Waals surface area contributed by atoms with Crippen molar-refractivity contribution in [3.05, 3.63) is 29.0 Å². The smallest absolute Gasteiger partial charge is 0.164 e. The topological polar surface area (TPSA) is 112 Å². The number of ether oxygens (including phenoxy) is 2. The van der Waals surface area contributed by atoms with E-state index in [1.165, 1.54) is 0 Å². The minimum Gasteiger partial charge on any atom is -0.504 e. The van der Waals surface area contributed by atoms with E-state index in [-0.39, 0.29) is 29.1 Å². The average molecular weight is 299 g/mol. The van der Waals surface area contributed by atoms with E-state index < -0.39 is 0 Å². The lowest BCUT2D eigenvalue weighted by atomic mass is 9.78. The molecule has 6 nitrogen and oxygen atoms in total. The van der Waals surface area contributed by atoms with Gasteiger partial charge in [0.15, 0.2) is 11.5 Å². The highest BCUT2D eigenvalue weighted by Gasteiger charge is 2.39. The Bertz CT molecular complexity index is 718. The summed E-state index contributed by atoms with van der Waals surface area (Å²) >= 11 is 0. The molecule has 0 bridgehead atoms. The number of allylic oxidation sites excluding steroid dienone is 1. The number of nitrogens with zero attached hydrogens (tertiary/aromatic N) is 1. The Labute approximate surface area is 128 Å².